The number of benzene rings is 2. The minimum absolute atomic E-state index is 0.0291. The molecule has 2 amide bonds. The minimum Gasteiger partial charge on any atom is -0.377 e. The SMILES string of the molecule is CCc1c(N2CCN(C(=O)c3ccccc3NS(C)(=O)=O)CC2)c(=O)n2nc(C3=CCOCC3)nc2n1CC(=O)Nc1ccc(C(F)(F)F)cc1Cl. The van der Waals surface area contributed by atoms with E-state index in [0.717, 1.165) is 34.5 Å². The van der Waals surface area contributed by atoms with Crippen molar-refractivity contribution in [2.75, 3.05) is 60.6 Å². The van der Waals surface area contributed by atoms with Gasteiger partial charge in [0.25, 0.3) is 11.5 Å². The Morgan fingerprint density at radius 2 is 1.79 bits per heavy atom. The zero-order chi connectivity index (χ0) is 37.4. The fourth-order valence-corrected chi connectivity index (χ4v) is 6.99. The number of fused-ring (bicyclic) bond motifs is 1. The third-order valence-corrected chi connectivity index (χ3v) is 9.52. The largest absolute Gasteiger partial charge is 0.416 e. The lowest BCUT2D eigenvalue weighted by Crippen LogP contribution is -2.51. The fourth-order valence-electron chi connectivity index (χ4n) is 6.18. The van der Waals surface area contributed by atoms with Gasteiger partial charge in [-0.1, -0.05) is 36.7 Å². The van der Waals surface area contributed by atoms with Crippen LogP contribution >= 0.6 is 11.6 Å². The molecule has 2 aromatic heterocycles. The topological polar surface area (TPSA) is 160 Å². The highest BCUT2D eigenvalue weighted by Crippen LogP contribution is 2.34. The average molecular weight is 763 g/mol. The number of piperazine rings is 1. The summed E-state index contributed by atoms with van der Waals surface area (Å²) >= 11 is 6.11. The van der Waals surface area contributed by atoms with E-state index in [1.54, 1.807) is 33.4 Å². The Labute approximate surface area is 300 Å². The lowest BCUT2D eigenvalue weighted by molar-refractivity contribution is -0.137. The Hall–Kier alpha value is -4.94. The zero-order valence-corrected chi connectivity index (χ0v) is 29.6. The predicted molar refractivity (Wildman–Crippen MR) is 188 cm³/mol. The van der Waals surface area contributed by atoms with Crippen LogP contribution in [0.5, 0.6) is 0 Å². The second kappa shape index (κ2) is 14.6. The molecule has 6 rings (SSSR count). The van der Waals surface area contributed by atoms with Gasteiger partial charge in [0.15, 0.2) is 5.82 Å². The van der Waals surface area contributed by atoms with Crippen LogP contribution in [0.15, 0.2) is 53.3 Å². The maximum atomic E-state index is 14.2. The van der Waals surface area contributed by atoms with E-state index in [2.05, 4.69) is 20.1 Å². The van der Waals surface area contributed by atoms with E-state index >= 15 is 0 Å². The number of alkyl halides is 3. The van der Waals surface area contributed by atoms with E-state index in [4.69, 9.17) is 16.3 Å². The minimum atomic E-state index is -4.62. The van der Waals surface area contributed by atoms with Crippen LogP contribution < -0.4 is 20.5 Å². The molecular weight excluding hydrogens is 729 g/mol. The number of nitrogens with zero attached hydrogens (tertiary/aromatic N) is 6. The molecule has 2 aliphatic heterocycles. The van der Waals surface area contributed by atoms with Crippen LogP contribution in [-0.4, -0.2) is 89.9 Å². The highest BCUT2D eigenvalue weighted by molar-refractivity contribution is 7.92. The summed E-state index contributed by atoms with van der Waals surface area (Å²) < 4.78 is 73.9. The number of para-hydroxylation sites is 1. The van der Waals surface area contributed by atoms with Gasteiger partial charge in [0, 0.05) is 26.2 Å². The standard InChI is InChI=1S/C33H34ClF3N8O6S/c1-3-26-28(42-12-14-43(15-13-42)30(47)22-6-4-5-7-24(22)41-52(2,49)50)31(48)45-32(39-29(40-45)20-10-16-51-17-11-20)44(26)19-27(46)38-25-9-8-21(18-23(25)34)33(35,36)37/h4-10,18,41H,3,11-17,19H2,1-2H3,(H,38,46). The second-order valence-corrected chi connectivity index (χ2v) is 14.3. The lowest BCUT2D eigenvalue weighted by atomic mass is 10.1. The number of amides is 2. The molecule has 52 heavy (non-hydrogen) atoms. The summed E-state index contributed by atoms with van der Waals surface area (Å²) in [4.78, 5) is 49.3. The van der Waals surface area contributed by atoms with Crippen molar-refractivity contribution >= 4 is 61.9 Å². The molecule has 0 aliphatic carbocycles. The van der Waals surface area contributed by atoms with Crippen LogP contribution in [-0.2, 0) is 38.7 Å². The summed E-state index contributed by atoms with van der Waals surface area (Å²) in [6, 6.07) is 8.88. The van der Waals surface area contributed by atoms with Crippen LogP contribution in [0.25, 0.3) is 11.4 Å². The third kappa shape index (κ3) is 7.78. The van der Waals surface area contributed by atoms with Crippen molar-refractivity contribution in [3.63, 3.8) is 0 Å². The van der Waals surface area contributed by atoms with E-state index in [1.807, 2.05) is 6.08 Å². The average Bonchev–Trinajstić information content (AvgIpc) is 3.56. The summed E-state index contributed by atoms with van der Waals surface area (Å²) in [5.41, 5.74) is 0.312. The van der Waals surface area contributed by atoms with E-state index < -0.39 is 33.2 Å². The summed E-state index contributed by atoms with van der Waals surface area (Å²) in [5, 5.41) is 6.79. The first kappa shape index (κ1) is 36.8. The summed E-state index contributed by atoms with van der Waals surface area (Å²) in [5.74, 6) is -0.652. The van der Waals surface area contributed by atoms with Crippen LogP contribution in [0, 0.1) is 0 Å². The molecule has 2 N–H and O–H groups in total. The van der Waals surface area contributed by atoms with Crippen molar-refractivity contribution in [2.45, 2.75) is 32.5 Å². The first-order chi connectivity index (χ1) is 24.6. The zero-order valence-electron chi connectivity index (χ0n) is 28.0. The predicted octanol–water partition coefficient (Wildman–Crippen LogP) is 3.90. The molecule has 0 saturated carbocycles. The van der Waals surface area contributed by atoms with Gasteiger partial charge in [0.2, 0.25) is 21.7 Å². The molecule has 4 heterocycles. The van der Waals surface area contributed by atoms with Gasteiger partial charge >= 0.3 is 6.18 Å². The van der Waals surface area contributed by atoms with Crippen molar-refractivity contribution in [3.8, 4) is 0 Å². The van der Waals surface area contributed by atoms with Gasteiger partial charge in [0.05, 0.1) is 52.7 Å². The van der Waals surface area contributed by atoms with Gasteiger partial charge in [0.1, 0.15) is 12.2 Å². The van der Waals surface area contributed by atoms with E-state index in [1.165, 1.54) is 12.1 Å². The first-order valence-electron chi connectivity index (χ1n) is 16.2. The van der Waals surface area contributed by atoms with Crippen LogP contribution in [0.4, 0.5) is 30.2 Å². The summed E-state index contributed by atoms with van der Waals surface area (Å²) in [7, 11) is -3.65. The Bertz CT molecular complexity index is 2250. The Kier molecular flexibility index (Phi) is 10.3. The van der Waals surface area contributed by atoms with E-state index in [-0.39, 0.29) is 84.3 Å². The monoisotopic (exact) mass is 762 g/mol. The molecule has 0 radical (unpaired) electrons. The molecule has 2 aromatic carbocycles. The van der Waals surface area contributed by atoms with Gasteiger partial charge < -0.3 is 24.4 Å². The number of hydrogen-bond donors (Lipinski definition) is 2. The molecule has 1 fully saturated rings. The quantitative estimate of drug-likeness (QED) is 0.258. The molecule has 276 valence electrons. The van der Waals surface area contributed by atoms with Crippen molar-refractivity contribution in [1.29, 1.82) is 0 Å². The molecule has 14 nitrogen and oxygen atoms in total. The Morgan fingerprint density at radius 1 is 1.06 bits per heavy atom. The molecule has 4 aromatic rings. The molecule has 1 saturated heterocycles. The molecule has 2 aliphatic rings. The number of nitrogens with one attached hydrogen (secondary N) is 2. The number of carbonyl (C=O) groups is 2. The molecule has 0 atom stereocenters. The Balaban J connectivity index is 1.33. The van der Waals surface area contributed by atoms with Crippen LogP contribution in [0.1, 0.15) is 40.8 Å². The van der Waals surface area contributed by atoms with Crippen LogP contribution in [0.3, 0.4) is 0 Å². The smallest absolute Gasteiger partial charge is 0.377 e. The maximum absolute atomic E-state index is 14.2. The number of carbonyl (C=O) groups excluding carboxylic acids is 2. The molecule has 0 bridgehead atoms. The molecule has 19 heteroatoms. The number of ether oxygens (including phenoxy) is 1. The first-order valence-corrected chi connectivity index (χ1v) is 18.5. The Morgan fingerprint density at radius 3 is 2.42 bits per heavy atom. The van der Waals surface area contributed by atoms with Crippen molar-refractivity contribution in [1.82, 2.24) is 24.1 Å². The van der Waals surface area contributed by atoms with Gasteiger partial charge in [-0.25, -0.2) is 8.42 Å². The highest BCUT2D eigenvalue weighted by atomic mass is 35.5. The number of aromatic nitrogens is 4. The van der Waals surface area contributed by atoms with E-state index in [0.29, 0.717) is 25.3 Å². The second-order valence-electron chi connectivity index (χ2n) is 12.2. The molecule has 0 spiro atoms. The van der Waals surface area contributed by atoms with Crippen molar-refractivity contribution in [2.24, 2.45) is 0 Å². The number of hydrogen-bond acceptors (Lipinski definition) is 9. The van der Waals surface area contributed by atoms with E-state index in [9.17, 15) is 36.0 Å². The summed E-state index contributed by atoms with van der Waals surface area (Å²) in [6.07, 6.45) is -1.03. The normalized spacial score (nSPS) is 15.5. The van der Waals surface area contributed by atoms with Gasteiger partial charge in [-0.2, -0.15) is 22.7 Å². The van der Waals surface area contributed by atoms with Gasteiger partial charge in [-0.05, 0) is 48.7 Å². The number of anilines is 3. The van der Waals surface area contributed by atoms with Gasteiger partial charge in [-0.3, -0.25) is 19.1 Å². The van der Waals surface area contributed by atoms with Crippen molar-refractivity contribution < 1.29 is 35.9 Å². The number of sulfonamides is 1. The third-order valence-electron chi connectivity index (χ3n) is 8.62. The fraction of sp³-hybridized carbons (Fsp3) is 0.364. The highest BCUT2D eigenvalue weighted by Gasteiger charge is 2.32. The maximum Gasteiger partial charge on any atom is 0.416 e. The summed E-state index contributed by atoms with van der Waals surface area (Å²) in [6.45, 7) is 3.01. The van der Waals surface area contributed by atoms with Gasteiger partial charge in [-0.15, -0.1) is 5.10 Å². The van der Waals surface area contributed by atoms with Crippen LogP contribution in [0.2, 0.25) is 5.02 Å². The number of rotatable bonds is 9. The molecule has 0 unspecified atom stereocenters. The van der Waals surface area contributed by atoms with Crippen molar-refractivity contribution in [3.05, 3.63) is 86.6 Å². The lowest BCUT2D eigenvalue weighted by Gasteiger charge is -2.37. The number of halogens is 4. The molecular formula is C33H34ClF3N8O6S.